The highest BCUT2D eigenvalue weighted by Crippen LogP contribution is 2.54. The summed E-state index contributed by atoms with van der Waals surface area (Å²) >= 11 is 0. The molecule has 2 N–H and O–H groups in total. The summed E-state index contributed by atoms with van der Waals surface area (Å²) in [7, 11) is 3.22. The molecule has 36 heavy (non-hydrogen) atoms. The maximum Gasteiger partial charge on any atom is 0.324 e. The van der Waals surface area contributed by atoms with Crippen LogP contribution in [0.2, 0.25) is 0 Å². The van der Waals surface area contributed by atoms with E-state index in [1.807, 2.05) is 18.2 Å². The number of aliphatic hydroxyl groups excluding tert-OH is 1. The molecule has 2 aromatic carbocycles. The number of halogens is 1. The van der Waals surface area contributed by atoms with Crippen LogP contribution in [0, 0.1) is 11.7 Å². The molecule has 0 unspecified atom stereocenters. The number of benzene rings is 2. The Hall–Kier alpha value is -3.39. The number of ether oxygens (including phenoxy) is 1. The molecule has 2 heterocycles. The molecule has 1 aromatic heterocycles. The number of likely N-dealkylation sites (tertiary alicyclic amines) is 1. The summed E-state index contributed by atoms with van der Waals surface area (Å²) in [4.78, 5) is 32.6. The molecular formula is C28H32FN3O4. The van der Waals surface area contributed by atoms with E-state index in [9.17, 15) is 19.1 Å². The third kappa shape index (κ3) is 3.84. The average Bonchev–Trinajstić information content (AvgIpc) is 3.28. The minimum Gasteiger partial charge on any atom is -0.497 e. The van der Waals surface area contributed by atoms with Crippen LogP contribution in [0.15, 0.2) is 42.5 Å². The van der Waals surface area contributed by atoms with E-state index < -0.39 is 5.82 Å². The van der Waals surface area contributed by atoms with Gasteiger partial charge in [-0.05, 0) is 56.0 Å². The zero-order valence-corrected chi connectivity index (χ0v) is 20.9. The second-order valence-corrected chi connectivity index (χ2v) is 10.1. The highest BCUT2D eigenvalue weighted by Gasteiger charge is 2.49. The highest BCUT2D eigenvalue weighted by atomic mass is 19.1. The van der Waals surface area contributed by atoms with Gasteiger partial charge in [0.2, 0.25) is 0 Å². The number of fused-ring (bicyclic) bond motifs is 4. The summed E-state index contributed by atoms with van der Waals surface area (Å²) in [6.07, 6.45) is 1.99. The number of urea groups is 1. The van der Waals surface area contributed by atoms with Gasteiger partial charge in [-0.2, -0.15) is 0 Å². The predicted molar refractivity (Wildman–Crippen MR) is 136 cm³/mol. The molecule has 1 spiro atoms. The van der Waals surface area contributed by atoms with Crippen LogP contribution in [0.3, 0.4) is 0 Å². The molecule has 1 saturated heterocycles. The number of amides is 2. The molecule has 8 heteroatoms. The molecule has 190 valence electrons. The number of anilines is 1. The molecule has 7 nitrogen and oxygen atoms in total. The van der Waals surface area contributed by atoms with Gasteiger partial charge in [0.1, 0.15) is 17.3 Å². The monoisotopic (exact) mass is 493 g/mol. The number of hydrogen-bond donors (Lipinski definition) is 2. The van der Waals surface area contributed by atoms with Crippen LogP contribution in [-0.4, -0.2) is 60.7 Å². The first-order valence-electron chi connectivity index (χ1n) is 12.4. The molecule has 2 aliphatic rings. The lowest BCUT2D eigenvalue weighted by atomic mass is 9.59. The van der Waals surface area contributed by atoms with Crippen molar-refractivity contribution >= 4 is 28.4 Å². The molecule has 0 bridgehead atoms. The fourth-order valence-electron chi connectivity index (χ4n) is 6.30. The van der Waals surface area contributed by atoms with Crippen LogP contribution in [0.5, 0.6) is 5.75 Å². The van der Waals surface area contributed by atoms with E-state index in [2.05, 4.69) is 4.98 Å². The Bertz CT molecular complexity index is 1310. The van der Waals surface area contributed by atoms with Crippen molar-refractivity contribution < 1.29 is 23.8 Å². The van der Waals surface area contributed by atoms with Gasteiger partial charge in [0.25, 0.3) is 0 Å². The van der Waals surface area contributed by atoms with Crippen molar-refractivity contribution in [3.63, 3.8) is 0 Å². The van der Waals surface area contributed by atoms with E-state index in [0.717, 1.165) is 27.9 Å². The van der Waals surface area contributed by atoms with E-state index in [1.165, 1.54) is 11.0 Å². The smallest absolute Gasteiger partial charge is 0.324 e. The Kier molecular flexibility index (Phi) is 6.24. The van der Waals surface area contributed by atoms with Crippen molar-refractivity contribution in [3.05, 3.63) is 59.5 Å². The van der Waals surface area contributed by atoms with Gasteiger partial charge in [-0.3, -0.25) is 9.69 Å². The zero-order valence-electron chi connectivity index (χ0n) is 20.9. The molecule has 1 aliphatic heterocycles. The third-order valence-corrected chi connectivity index (χ3v) is 8.24. The van der Waals surface area contributed by atoms with Gasteiger partial charge in [-0.1, -0.05) is 12.1 Å². The quantitative estimate of drug-likeness (QED) is 0.557. The number of aromatic amines is 1. The highest BCUT2D eigenvalue weighted by molar-refractivity contribution is 5.92. The molecule has 1 aliphatic carbocycles. The van der Waals surface area contributed by atoms with E-state index in [-0.39, 0.29) is 41.4 Å². The third-order valence-electron chi connectivity index (χ3n) is 8.24. The maximum absolute atomic E-state index is 14.3. The molecular weight excluding hydrogens is 461 g/mol. The summed E-state index contributed by atoms with van der Waals surface area (Å²) in [5.41, 5.74) is 2.91. The van der Waals surface area contributed by atoms with Crippen LogP contribution in [0.25, 0.3) is 10.9 Å². The first-order valence-corrected chi connectivity index (χ1v) is 12.4. The Morgan fingerprint density at radius 1 is 1.22 bits per heavy atom. The number of piperidine rings is 1. The van der Waals surface area contributed by atoms with Crippen LogP contribution in [0.4, 0.5) is 14.9 Å². The van der Waals surface area contributed by atoms with Gasteiger partial charge in [0.15, 0.2) is 0 Å². The lowest BCUT2D eigenvalue weighted by Crippen LogP contribution is -2.52. The van der Waals surface area contributed by atoms with Gasteiger partial charge < -0.3 is 19.7 Å². The van der Waals surface area contributed by atoms with E-state index in [0.29, 0.717) is 32.4 Å². The van der Waals surface area contributed by atoms with Crippen LogP contribution in [0.1, 0.15) is 43.4 Å². The van der Waals surface area contributed by atoms with E-state index in [4.69, 9.17) is 4.74 Å². The predicted octanol–water partition coefficient (Wildman–Crippen LogP) is 4.59. The molecule has 5 rings (SSSR count). The normalized spacial score (nSPS) is 20.9. The number of aliphatic hydroxyl groups is 1. The fraction of sp³-hybridized carbons (Fsp3) is 0.429. The second kappa shape index (κ2) is 9.24. The van der Waals surface area contributed by atoms with Crippen LogP contribution in [-0.2, 0) is 10.2 Å². The van der Waals surface area contributed by atoms with Crippen LogP contribution >= 0.6 is 0 Å². The Morgan fingerprint density at radius 3 is 2.58 bits per heavy atom. The molecule has 3 aromatic rings. The molecule has 1 fully saturated rings. The molecule has 0 radical (unpaired) electrons. The SMILES string of the molecule is COc1ccc2c3c([nH]c2c1)[C@H](CO)[C@H](C(C)=O)CC31CCN(C(=O)N(C)c2ccccc2F)CC1. The standard InChI is InChI=1S/C28H32FN3O4/c1-17(34)20-15-28(25-19-9-8-18(36-3)14-23(19)30-26(25)21(20)16-33)10-12-32(13-11-28)27(35)31(2)24-7-5-4-6-22(24)29/h4-9,14,20-21,30,33H,10-13,15-16H2,1-3H3/t20-,21+/m0/s1. The van der Waals surface area contributed by atoms with Crippen molar-refractivity contribution in [2.45, 2.75) is 37.5 Å². The number of para-hydroxylation sites is 1. The topological polar surface area (TPSA) is 85.9 Å². The summed E-state index contributed by atoms with van der Waals surface area (Å²) < 4.78 is 19.7. The first-order chi connectivity index (χ1) is 17.3. The second-order valence-electron chi connectivity index (χ2n) is 10.1. The summed E-state index contributed by atoms with van der Waals surface area (Å²) in [6, 6.07) is 11.9. The number of ketones is 1. The number of carbonyl (C=O) groups is 2. The van der Waals surface area contributed by atoms with Gasteiger partial charge in [0.05, 0.1) is 19.4 Å². The van der Waals surface area contributed by atoms with Crippen molar-refractivity contribution in [1.82, 2.24) is 9.88 Å². The fourth-order valence-corrected chi connectivity index (χ4v) is 6.30. The van der Waals surface area contributed by atoms with Crippen molar-refractivity contribution in [1.29, 1.82) is 0 Å². The number of nitrogens with zero attached hydrogens (tertiary/aromatic N) is 2. The van der Waals surface area contributed by atoms with Crippen molar-refractivity contribution in [3.8, 4) is 5.75 Å². The lowest BCUT2D eigenvalue weighted by Gasteiger charge is -2.48. The van der Waals surface area contributed by atoms with Gasteiger partial charge in [-0.15, -0.1) is 0 Å². The summed E-state index contributed by atoms with van der Waals surface area (Å²) in [6.45, 7) is 2.47. The number of rotatable bonds is 4. The Balaban J connectivity index is 1.49. The van der Waals surface area contributed by atoms with Crippen LogP contribution < -0.4 is 9.64 Å². The number of nitrogens with one attached hydrogen (secondary N) is 1. The van der Waals surface area contributed by atoms with Crippen molar-refractivity contribution in [2.75, 3.05) is 38.8 Å². The summed E-state index contributed by atoms with van der Waals surface area (Å²) in [5.74, 6) is -0.245. The number of carbonyl (C=O) groups excluding carboxylic acids is 2. The Labute approximate surface area is 209 Å². The number of H-pyrrole nitrogens is 1. The lowest BCUT2D eigenvalue weighted by molar-refractivity contribution is -0.123. The summed E-state index contributed by atoms with van der Waals surface area (Å²) in [5, 5.41) is 11.4. The largest absolute Gasteiger partial charge is 0.497 e. The zero-order chi connectivity index (χ0) is 25.6. The number of aromatic nitrogens is 1. The molecule has 2 atom stereocenters. The molecule has 2 amide bonds. The maximum atomic E-state index is 14.3. The van der Waals surface area contributed by atoms with Crippen molar-refractivity contribution in [2.24, 2.45) is 5.92 Å². The molecule has 0 saturated carbocycles. The Morgan fingerprint density at radius 2 is 1.94 bits per heavy atom. The minimum atomic E-state index is -0.438. The van der Waals surface area contributed by atoms with E-state index >= 15 is 0 Å². The minimum absolute atomic E-state index is 0.0631. The number of Topliss-reactive ketones (excluding diaryl/α,β-unsaturated/α-hetero) is 1. The first kappa shape index (κ1) is 24.3. The van der Waals surface area contributed by atoms with Gasteiger partial charge in [0, 0.05) is 60.1 Å². The van der Waals surface area contributed by atoms with Gasteiger partial charge >= 0.3 is 6.03 Å². The van der Waals surface area contributed by atoms with Gasteiger partial charge in [-0.25, -0.2) is 9.18 Å². The van der Waals surface area contributed by atoms with E-state index in [1.54, 1.807) is 44.2 Å². The number of methoxy groups -OCH3 is 1. The number of hydrogen-bond acceptors (Lipinski definition) is 4. The average molecular weight is 494 g/mol.